The van der Waals surface area contributed by atoms with Crippen LogP contribution in [0.3, 0.4) is 0 Å². The van der Waals surface area contributed by atoms with Crippen molar-refractivity contribution in [3.8, 4) is 0 Å². The van der Waals surface area contributed by atoms with Crippen molar-refractivity contribution in [3.63, 3.8) is 0 Å². The predicted molar refractivity (Wildman–Crippen MR) is 68.9 cm³/mol. The highest BCUT2D eigenvalue weighted by Gasteiger charge is 2.15. The largest absolute Gasteiger partial charge is 0.294 e. The second-order valence-electron chi connectivity index (χ2n) is 4.03. The summed E-state index contributed by atoms with van der Waals surface area (Å²) in [6.45, 7) is 1.41. The first-order valence-electron chi connectivity index (χ1n) is 5.45. The molecule has 0 aliphatic heterocycles. The van der Waals surface area contributed by atoms with Crippen LogP contribution in [0.2, 0.25) is 0 Å². The maximum absolute atomic E-state index is 12.1. The van der Waals surface area contributed by atoms with Crippen LogP contribution in [0, 0.1) is 0 Å². The maximum Gasteiger partial charge on any atom is 0.242 e. The molecule has 2 aromatic rings. The molecule has 4 nitrogen and oxygen atoms in total. The average Bonchev–Trinajstić information content (AvgIpc) is 2.79. The van der Waals surface area contributed by atoms with E-state index in [9.17, 15) is 13.2 Å². The fourth-order valence-corrected chi connectivity index (χ4v) is 2.90. The molecule has 0 amide bonds. The quantitative estimate of drug-likeness (QED) is 0.793. The number of carbonyl (C=O) groups excluding carboxylic acids is 1. The Morgan fingerprint density at radius 3 is 2.39 bits per heavy atom. The Bertz CT molecular complexity index is 657. The van der Waals surface area contributed by atoms with Crippen LogP contribution in [-0.2, 0) is 15.8 Å². The van der Waals surface area contributed by atoms with E-state index in [2.05, 4.69) is 0 Å². The van der Waals surface area contributed by atoms with Crippen LogP contribution in [0.15, 0.2) is 48.8 Å². The third-order valence-corrected chi connectivity index (χ3v) is 4.15. The average molecular weight is 263 g/mol. The van der Waals surface area contributed by atoms with Gasteiger partial charge in [-0.2, -0.15) is 0 Å². The summed E-state index contributed by atoms with van der Waals surface area (Å²) >= 11 is 0. The van der Waals surface area contributed by atoms with Crippen molar-refractivity contribution >= 4 is 15.8 Å². The first-order chi connectivity index (χ1) is 8.49. The highest BCUT2D eigenvalue weighted by Crippen LogP contribution is 2.11. The fourth-order valence-electron chi connectivity index (χ4n) is 1.62. The molecule has 94 valence electrons. The smallest absolute Gasteiger partial charge is 0.242 e. The Balaban J connectivity index is 2.28. The molecule has 0 bridgehead atoms. The van der Waals surface area contributed by atoms with Gasteiger partial charge in [0.05, 0.1) is 5.75 Å². The van der Waals surface area contributed by atoms with Crippen LogP contribution < -0.4 is 0 Å². The van der Waals surface area contributed by atoms with E-state index in [4.69, 9.17) is 0 Å². The van der Waals surface area contributed by atoms with Gasteiger partial charge < -0.3 is 0 Å². The normalized spacial score (nSPS) is 11.4. The number of benzene rings is 1. The minimum atomic E-state index is -3.46. The summed E-state index contributed by atoms with van der Waals surface area (Å²) in [5.74, 6) is -0.233. The van der Waals surface area contributed by atoms with Crippen molar-refractivity contribution in [2.75, 3.05) is 0 Å². The van der Waals surface area contributed by atoms with E-state index in [0.29, 0.717) is 5.56 Å². The molecular formula is C13H13NO3S. The Kier molecular flexibility index (Phi) is 3.34. The molecule has 18 heavy (non-hydrogen) atoms. The molecule has 0 saturated heterocycles. The van der Waals surface area contributed by atoms with Gasteiger partial charge in [-0.3, -0.25) is 8.77 Å². The van der Waals surface area contributed by atoms with Gasteiger partial charge in [0.2, 0.25) is 10.0 Å². The Morgan fingerprint density at radius 1 is 1.17 bits per heavy atom. The predicted octanol–water partition coefficient (Wildman–Crippen LogP) is 2.07. The number of hydrogen-bond donors (Lipinski definition) is 0. The summed E-state index contributed by atoms with van der Waals surface area (Å²) in [5, 5.41) is 0. The molecular weight excluding hydrogens is 250 g/mol. The first kappa shape index (κ1) is 12.6. The van der Waals surface area contributed by atoms with Gasteiger partial charge in [-0.05, 0) is 18.6 Å². The molecule has 0 unspecified atom stereocenters. The van der Waals surface area contributed by atoms with Crippen molar-refractivity contribution in [2.45, 2.75) is 12.7 Å². The van der Waals surface area contributed by atoms with E-state index in [-0.39, 0.29) is 11.5 Å². The van der Waals surface area contributed by atoms with Gasteiger partial charge in [0.15, 0.2) is 5.78 Å². The van der Waals surface area contributed by atoms with Crippen molar-refractivity contribution in [2.24, 2.45) is 0 Å². The Hall–Kier alpha value is -1.88. The Morgan fingerprint density at radius 2 is 1.83 bits per heavy atom. The van der Waals surface area contributed by atoms with Crippen molar-refractivity contribution in [3.05, 3.63) is 59.9 Å². The molecule has 0 fully saturated rings. The van der Waals surface area contributed by atoms with Crippen LogP contribution in [0.25, 0.3) is 0 Å². The summed E-state index contributed by atoms with van der Waals surface area (Å²) in [6, 6.07) is 10.4. The van der Waals surface area contributed by atoms with Crippen LogP contribution >= 0.6 is 0 Å². The Labute approximate surface area is 106 Å². The molecule has 2 rings (SSSR count). The summed E-state index contributed by atoms with van der Waals surface area (Å²) < 4.78 is 25.3. The number of nitrogens with zero attached hydrogens (tertiary/aromatic N) is 1. The molecule has 1 aromatic heterocycles. The molecule has 0 aliphatic rings. The SMILES string of the molecule is CC(=O)c1ccn(S(=O)(=O)Cc2ccccc2)c1. The minimum absolute atomic E-state index is 0.0835. The second-order valence-corrected chi connectivity index (χ2v) is 5.90. The lowest BCUT2D eigenvalue weighted by molar-refractivity contribution is 0.101. The second kappa shape index (κ2) is 4.78. The van der Waals surface area contributed by atoms with Gasteiger partial charge >= 0.3 is 0 Å². The zero-order valence-electron chi connectivity index (χ0n) is 9.91. The standard InChI is InChI=1S/C13H13NO3S/c1-11(15)13-7-8-14(9-13)18(16,17)10-12-5-3-2-4-6-12/h2-9H,10H2,1H3. The highest BCUT2D eigenvalue weighted by atomic mass is 32.2. The van der Waals surface area contributed by atoms with E-state index in [1.54, 1.807) is 24.3 Å². The third kappa shape index (κ3) is 2.68. The number of carbonyl (C=O) groups is 1. The summed E-state index contributed by atoms with van der Waals surface area (Å²) in [6.07, 6.45) is 2.75. The van der Waals surface area contributed by atoms with Crippen molar-refractivity contribution in [1.29, 1.82) is 0 Å². The molecule has 0 atom stereocenters. The van der Waals surface area contributed by atoms with Crippen LogP contribution in [-0.4, -0.2) is 18.2 Å². The van der Waals surface area contributed by atoms with Crippen LogP contribution in [0.1, 0.15) is 22.8 Å². The summed E-state index contributed by atoms with van der Waals surface area (Å²) in [4.78, 5) is 11.1. The molecule has 0 saturated carbocycles. The maximum atomic E-state index is 12.1. The number of hydrogen-bond acceptors (Lipinski definition) is 3. The fraction of sp³-hybridized carbons (Fsp3) is 0.154. The summed E-state index contributed by atoms with van der Waals surface area (Å²) in [7, 11) is -3.46. The summed E-state index contributed by atoms with van der Waals surface area (Å²) in [5.41, 5.74) is 1.11. The number of rotatable bonds is 4. The van der Waals surface area contributed by atoms with Gasteiger partial charge in [0.1, 0.15) is 0 Å². The van der Waals surface area contributed by atoms with Gasteiger partial charge in [-0.25, -0.2) is 8.42 Å². The number of aromatic nitrogens is 1. The van der Waals surface area contributed by atoms with Crippen LogP contribution in [0.4, 0.5) is 0 Å². The molecule has 0 aliphatic carbocycles. The van der Waals surface area contributed by atoms with E-state index in [1.807, 2.05) is 6.07 Å². The van der Waals surface area contributed by atoms with E-state index in [0.717, 1.165) is 9.54 Å². The topological polar surface area (TPSA) is 56.1 Å². The number of Topliss-reactive ketones (excluding diaryl/α,β-unsaturated/α-hetero) is 1. The van der Waals surface area contributed by atoms with Gasteiger partial charge in [0.25, 0.3) is 0 Å². The molecule has 5 heteroatoms. The van der Waals surface area contributed by atoms with Crippen molar-refractivity contribution < 1.29 is 13.2 Å². The zero-order valence-corrected chi connectivity index (χ0v) is 10.7. The van der Waals surface area contributed by atoms with Gasteiger partial charge in [-0.15, -0.1) is 0 Å². The lowest BCUT2D eigenvalue weighted by Gasteiger charge is -2.05. The van der Waals surface area contributed by atoms with E-state index in [1.165, 1.54) is 25.4 Å². The molecule has 1 heterocycles. The molecule has 1 aromatic carbocycles. The van der Waals surface area contributed by atoms with E-state index >= 15 is 0 Å². The van der Waals surface area contributed by atoms with E-state index < -0.39 is 10.0 Å². The minimum Gasteiger partial charge on any atom is -0.294 e. The molecule has 0 N–H and O–H groups in total. The first-order valence-corrected chi connectivity index (χ1v) is 7.06. The highest BCUT2D eigenvalue weighted by molar-refractivity contribution is 7.89. The lowest BCUT2D eigenvalue weighted by Crippen LogP contribution is -2.13. The molecule has 0 radical (unpaired) electrons. The third-order valence-electron chi connectivity index (χ3n) is 2.59. The van der Waals surface area contributed by atoms with Crippen LogP contribution in [0.5, 0.6) is 0 Å². The van der Waals surface area contributed by atoms with Gasteiger partial charge in [-0.1, -0.05) is 30.3 Å². The number of ketones is 1. The van der Waals surface area contributed by atoms with Gasteiger partial charge in [0, 0.05) is 18.0 Å². The van der Waals surface area contributed by atoms with Crippen molar-refractivity contribution in [1.82, 2.24) is 3.97 Å². The monoisotopic (exact) mass is 263 g/mol. The lowest BCUT2D eigenvalue weighted by atomic mass is 10.2. The zero-order chi connectivity index (χ0) is 13.2. The molecule has 0 spiro atoms.